The van der Waals surface area contributed by atoms with E-state index in [0.29, 0.717) is 0 Å². The lowest BCUT2D eigenvalue weighted by Crippen LogP contribution is -2.14. The van der Waals surface area contributed by atoms with Crippen LogP contribution in [0, 0.1) is 11.6 Å². The van der Waals surface area contributed by atoms with Gasteiger partial charge < -0.3 is 5.32 Å². The maximum atomic E-state index is 13.0. The molecule has 0 spiro atoms. The number of carbonyl (C=O) groups is 1. The second-order valence-corrected chi connectivity index (χ2v) is 4.72. The highest BCUT2D eigenvalue weighted by atomic mass is 19.1. The Balaban J connectivity index is 1.99. The molecule has 0 radical (unpaired) electrons. The van der Waals surface area contributed by atoms with Gasteiger partial charge in [-0.3, -0.25) is 4.79 Å². The Morgan fingerprint density at radius 3 is 2.30 bits per heavy atom. The molecule has 0 saturated heterocycles. The quantitative estimate of drug-likeness (QED) is 0.894. The summed E-state index contributed by atoms with van der Waals surface area (Å²) in [4.78, 5) is 11.9. The molecular formula is C16H15F2NO. The summed E-state index contributed by atoms with van der Waals surface area (Å²) in [5.74, 6) is -1.66. The third kappa shape index (κ3) is 3.88. The minimum absolute atomic E-state index is 0.0367. The summed E-state index contributed by atoms with van der Waals surface area (Å²) in [7, 11) is 0. The summed E-state index contributed by atoms with van der Waals surface area (Å²) in [6, 6.07) is 12.6. The highest BCUT2D eigenvalue weighted by Crippen LogP contribution is 2.20. The van der Waals surface area contributed by atoms with E-state index in [-0.39, 0.29) is 23.9 Å². The largest absolute Gasteiger partial charge is 0.326 e. The molecule has 1 unspecified atom stereocenters. The number of benzene rings is 2. The average Bonchev–Trinajstić information content (AvgIpc) is 2.38. The van der Waals surface area contributed by atoms with Crippen molar-refractivity contribution >= 4 is 11.6 Å². The summed E-state index contributed by atoms with van der Waals surface area (Å²) in [6.45, 7) is 1.93. The first-order valence-electron chi connectivity index (χ1n) is 6.35. The van der Waals surface area contributed by atoms with Crippen LogP contribution in [0.4, 0.5) is 14.5 Å². The second-order valence-electron chi connectivity index (χ2n) is 4.72. The van der Waals surface area contributed by atoms with Crippen molar-refractivity contribution in [2.24, 2.45) is 0 Å². The van der Waals surface area contributed by atoms with E-state index in [2.05, 4.69) is 5.32 Å². The lowest BCUT2D eigenvalue weighted by atomic mass is 9.97. The molecule has 0 aliphatic carbocycles. The molecule has 0 bridgehead atoms. The topological polar surface area (TPSA) is 29.1 Å². The van der Waals surface area contributed by atoms with E-state index in [1.807, 2.05) is 37.3 Å². The normalized spacial score (nSPS) is 11.9. The number of hydrogen-bond acceptors (Lipinski definition) is 1. The molecule has 1 atom stereocenters. The summed E-state index contributed by atoms with van der Waals surface area (Å²) in [6.07, 6.45) is 0.252. The third-order valence-corrected chi connectivity index (χ3v) is 3.01. The zero-order valence-corrected chi connectivity index (χ0v) is 11.1. The van der Waals surface area contributed by atoms with Crippen molar-refractivity contribution < 1.29 is 13.6 Å². The van der Waals surface area contributed by atoms with Crippen molar-refractivity contribution in [1.82, 2.24) is 0 Å². The summed E-state index contributed by atoms with van der Waals surface area (Å²) < 4.78 is 26.0. The summed E-state index contributed by atoms with van der Waals surface area (Å²) >= 11 is 0. The van der Waals surface area contributed by atoms with Gasteiger partial charge in [0.1, 0.15) is 11.6 Å². The van der Waals surface area contributed by atoms with Gasteiger partial charge in [-0.2, -0.15) is 0 Å². The predicted molar refractivity (Wildman–Crippen MR) is 74.5 cm³/mol. The van der Waals surface area contributed by atoms with Gasteiger partial charge in [0.15, 0.2) is 0 Å². The van der Waals surface area contributed by atoms with Crippen molar-refractivity contribution in [3.8, 4) is 0 Å². The number of rotatable bonds is 4. The van der Waals surface area contributed by atoms with Crippen LogP contribution in [0.15, 0.2) is 48.5 Å². The molecule has 1 amide bonds. The predicted octanol–water partition coefficient (Wildman–Crippen LogP) is 4.10. The van der Waals surface area contributed by atoms with E-state index in [1.165, 1.54) is 0 Å². The fourth-order valence-corrected chi connectivity index (χ4v) is 2.02. The van der Waals surface area contributed by atoms with Gasteiger partial charge in [0.2, 0.25) is 5.91 Å². The fraction of sp³-hybridized carbons (Fsp3) is 0.188. The van der Waals surface area contributed by atoms with Crippen LogP contribution in [0.3, 0.4) is 0 Å². The minimum Gasteiger partial charge on any atom is -0.326 e. The smallest absolute Gasteiger partial charge is 0.224 e. The molecule has 1 N–H and O–H groups in total. The Hall–Kier alpha value is -2.23. The molecule has 0 heterocycles. The average molecular weight is 275 g/mol. The molecule has 2 aromatic rings. The summed E-state index contributed by atoms with van der Waals surface area (Å²) in [5.41, 5.74) is 1.18. The van der Waals surface area contributed by atoms with E-state index in [4.69, 9.17) is 0 Å². The highest BCUT2D eigenvalue weighted by molar-refractivity contribution is 5.91. The van der Waals surface area contributed by atoms with Gasteiger partial charge >= 0.3 is 0 Å². The van der Waals surface area contributed by atoms with Gasteiger partial charge in [0.05, 0.1) is 0 Å². The molecule has 0 aromatic heterocycles. The van der Waals surface area contributed by atoms with Crippen LogP contribution in [-0.4, -0.2) is 5.91 Å². The SMILES string of the molecule is CC(CC(=O)Nc1cc(F)cc(F)c1)c1ccccc1. The minimum atomic E-state index is -0.712. The van der Waals surface area contributed by atoms with Crippen molar-refractivity contribution in [2.75, 3.05) is 5.32 Å². The van der Waals surface area contributed by atoms with Crippen molar-refractivity contribution in [2.45, 2.75) is 19.3 Å². The number of halogens is 2. The first kappa shape index (κ1) is 14.2. The molecule has 0 aliphatic rings. The van der Waals surface area contributed by atoms with E-state index in [9.17, 15) is 13.6 Å². The van der Waals surface area contributed by atoms with Crippen molar-refractivity contribution in [1.29, 1.82) is 0 Å². The van der Waals surface area contributed by atoms with Gasteiger partial charge in [0, 0.05) is 18.2 Å². The first-order valence-corrected chi connectivity index (χ1v) is 6.35. The van der Waals surface area contributed by atoms with E-state index >= 15 is 0 Å². The van der Waals surface area contributed by atoms with Gasteiger partial charge in [-0.25, -0.2) is 8.78 Å². The maximum Gasteiger partial charge on any atom is 0.224 e. The monoisotopic (exact) mass is 275 g/mol. The van der Waals surface area contributed by atoms with Crippen molar-refractivity contribution in [3.63, 3.8) is 0 Å². The number of carbonyl (C=O) groups excluding carboxylic acids is 1. The Morgan fingerprint density at radius 1 is 1.10 bits per heavy atom. The lowest BCUT2D eigenvalue weighted by molar-refractivity contribution is -0.116. The number of anilines is 1. The van der Waals surface area contributed by atoms with Crippen LogP contribution in [0.2, 0.25) is 0 Å². The molecule has 0 fully saturated rings. The van der Waals surface area contributed by atoms with Crippen molar-refractivity contribution in [3.05, 3.63) is 65.7 Å². The molecule has 0 saturated carbocycles. The van der Waals surface area contributed by atoms with Crippen LogP contribution in [0.1, 0.15) is 24.8 Å². The summed E-state index contributed by atoms with van der Waals surface area (Å²) in [5, 5.41) is 2.51. The van der Waals surface area contributed by atoms with Gasteiger partial charge in [0.25, 0.3) is 0 Å². The van der Waals surface area contributed by atoms with Crippen LogP contribution in [0.25, 0.3) is 0 Å². The molecule has 2 aromatic carbocycles. The Bertz CT molecular complexity index is 578. The van der Waals surface area contributed by atoms with E-state index in [1.54, 1.807) is 0 Å². The van der Waals surface area contributed by atoms with Gasteiger partial charge in [-0.1, -0.05) is 37.3 Å². The molecule has 20 heavy (non-hydrogen) atoms. The lowest BCUT2D eigenvalue weighted by Gasteiger charge is -2.12. The third-order valence-electron chi connectivity index (χ3n) is 3.01. The van der Waals surface area contributed by atoms with Gasteiger partial charge in [-0.05, 0) is 23.6 Å². The molecule has 0 aliphatic heterocycles. The van der Waals surface area contributed by atoms with Crippen LogP contribution < -0.4 is 5.32 Å². The number of amides is 1. The van der Waals surface area contributed by atoms with Crippen LogP contribution in [-0.2, 0) is 4.79 Å². The molecular weight excluding hydrogens is 260 g/mol. The number of hydrogen-bond donors (Lipinski definition) is 1. The highest BCUT2D eigenvalue weighted by Gasteiger charge is 2.12. The second kappa shape index (κ2) is 6.28. The van der Waals surface area contributed by atoms with E-state index in [0.717, 1.165) is 23.8 Å². The Kier molecular flexibility index (Phi) is 4.45. The molecule has 4 heteroatoms. The fourth-order valence-electron chi connectivity index (χ4n) is 2.02. The molecule has 2 nitrogen and oxygen atoms in total. The van der Waals surface area contributed by atoms with Crippen LogP contribution in [0.5, 0.6) is 0 Å². The Labute approximate surface area is 116 Å². The first-order chi connectivity index (χ1) is 9.54. The zero-order valence-electron chi connectivity index (χ0n) is 11.1. The standard InChI is InChI=1S/C16H15F2NO/c1-11(12-5-3-2-4-6-12)7-16(20)19-15-9-13(17)8-14(18)10-15/h2-6,8-11H,7H2,1H3,(H,19,20). The van der Waals surface area contributed by atoms with Gasteiger partial charge in [-0.15, -0.1) is 0 Å². The molecule has 104 valence electrons. The Morgan fingerprint density at radius 2 is 1.70 bits per heavy atom. The zero-order chi connectivity index (χ0) is 14.5. The van der Waals surface area contributed by atoms with E-state index < -0.39 is 11.6 Å². The van der Waals surface area contributed by atoms with Crippen LogP contribution >= 0.6 is 0 Å². The molecule has 2 rings (SSSR count). The maximum absolute atomic E-state index is 13.0. The number of nitrogens with one attached hydrogen (secondary N) is 1.